The molecule has 20 heavy (non-hydrogen) atoms. The van der Waals surface area contributed by atoms with Crippen molar-refractivity contribution in [2.75, 3.05) is 14.1 Å². The van der Waals surface area contributed by atoms with Crippen LogP contribution in [0.5, 0.6) is 0 Å². The van der Waals surface area contributed by atoms with Crippen molar-refractivity contribution in [3.05, 3.63) is 0 Å². The smallest absolute Gasteiger partial charge is 0.229 e. The minimum atomic E-state index is -0.155. The predicted molar refractivity (Wildman–Crippen MR) is 89.7 cm³/mol. The highest BCUT2D eigenvalue weighted by Gasteiger charge is 2.90. The second-order valence-corrected chi connectivity index (χ2v) is 6.30. The number of carbonyl (C=O) groups is 1. The quantitative estimate of drug-likeness (QED) is 0.733. The van der Waals surface area contributed by atoms with Crippen LogP contribution in [0.25, 0.3) is 0 Å². The van der Waals surface area contributed by atoms with Gasteiger partial charge >= 0.3 is 0 Å². The van der Waals surface area contributed by atoms with E-state index in [9.17, 15) is 4.79 Å². The topological polar surface area (TPSA) is 46.3 Å². The largest absolute Gasteiger partial charge is 0.340 e. The van der Waals surface area contributed by atoms with E-state index in [1.54, 1.807) is 0 Å². The first-order valence-electron chi connectivity index (χ1n) is 7.93. The lowest BCUT2D eigenvalue weighted by Gasteiger charge is -2.39. The Morgan fingerprint density at radius 3 is 1.30 bits per heavy atom. The normalized spacial score (nSPS) is 34.5. The lowest BCUT2D eigenvalue weighted by molar-refractivity contribution is -0.137. The van der Waals surface area contributed by atoms with Crippen LogP contribution in [-0.4, -0.2) is 30.4 Å². The molecule has 2 unspecified atom stereocenters. The molecule has 1 aliphatic carbocycles. The van der Waals surface area contributed by atoms with Gasteiger partial charge in [0.15, 0.2) is 0 Å². The number of fused-ring (bicyclic) bond motifs is 1. The molecule has 0 radical (unpaired) electrons. The van der Waals surface area contributed by atoms with Crippen molar-refractivity contribution < 1.29 is 4.79 Å². The monoisotopic (exact) mass is 286 g/mol. The van der Waals surface area contributed by atoms with Crippen molar-refractivity contribution >= 4 is 5.91 Å². The van der Waals surface area contributed by atoms with Gasteiger partial charge in [0.25, 0.3) is 0 Å². The fourth-order valence-corrected chi connectivity index (χ4v) is 4.13. The minimum absolute atomic E-state index is 0.0255. The molecular formula is C17H38N2O. The van der Waals surface area contributed by atoms with Crippen LogP contribution >= 0.6 is 0 Å². The summed E-state index contributed by atoms with van der Waals surface area (Å²) in [4.78, 5) is 14.2. The van der Waals surface area contributed by atoms with Gasteiger partial charge in [-0.15, -0.1) is 0 Å². The first-order chi connectivity index (χ1) is 9.07. The van der Waals surface area contributed by atoms with E-state index in [0.717, 1.165) is 0 Å². The number of carbonyl (C=O) groups excluding carboxylic acids is 1. The number of amides is 1. The summed E-state index contributed by atoms with van der Waals surface area (Å²) in [6, 6.07) is 0. The summed E-state index contributed by atoms with van der Waals surface area (Å²) in [6.45, 7) is 21.2. The first-order valence-corrected chi connectivity index (χ1v) is 7.93. The maximum Gasteiger partial charge on any atom is 0.229 e. The van der Waals surface area contributed by atoms with Gasteiger partial charge in [-0.05, 0) is 33.2 Å². The molecule has 1 aliphatic heterocycles. The summed E-state index contributed by atoms with van der Waals surface area (Å²) in [6.07, 6.45) is 0. The molecule has 2 fully saturated rings. The average Bonchev–Trinajstić information content (AvgIpc) is 2.80. The third-order valence-corrected chi connectivity index (χ3v) is 6.23. The summed E-state index contributed by atoms with van der Waals surface area (Å²) in [5.41, 5.74) is 4.56. The predicted octanol–water partition coefficient (Wildman–Crippen LogP) is 3.92. The van der Waals surface area contributed by atoms with Gasteiger partial charge in [0, 0.05) is 18.0 Å². The molecule has 1 heterocycles. The highest BCUT2D eigenvalue weighted by Crippen LogP contribution is 2.85. The molecule has 0 aromatic heterocycles. The fourth-order valence-electron chi connectivity index (χ4n) is 4.13. The number of piperidine rings is 1. The Bertz CT molecular complexity index is 336. The van der Waals surface area contributed by atoms with E-state index in [1.807, 2.05) is 39.6 Å². The van der Waals surface area contributed by atoms with Crippen LogP contribution in [0.2, 0.25) is 0 Å². The van der Waals surface area contributed by atoms with Crippen LogP contribution in [0.1, 0.15) is 69.2 Å². The SMILES string of the molecule is CC.CC.CN.CN1C(=O)C2(C)C(C)(C)C2(C)C1(C)C. The number of likely N-dealkylation sites (tertiary alicyclic amines) is 1. The van der Waals surface area contributed by atoms with E-state index in [2.05, 4.69) is 47.3 Å². The molecule has 2 aliphatic rings. The standard InChI is InChI=1S/C12H21NO.2C2H6.CH5N/c1-9(2)11(5)8(14)13(7)10(3,4)12(9,11)6;3*1-2/h1-7H3;2*1-2H3;2H2,1H3. The minimum Gasteiger partial charge on any atom is -0.340 e. The third kappa shape index (κ3) is 1.93. The average molecular weight is 287 g/mol. The highest BCUT2D eigenvalue weighted by molar-refractivity contribution is 5.93. The Kier molecular flexibility index (Phi) is 7.02. The molecule has 0 aromatic carbocycles. The Hall–Kier alpha value is -0.570. The van der Waals surface area contributed by atoms with Gasteiger partial charge in [-0.1, -0.05) is 48.5 Å². The zero-order valence-corrected chi connectivity index (χ0v) is 15.9. The lowest BCUT2D eigenvalue weighted by atomic mass is 9.79. The molecule has 0 bridgehead atoms. The van der Waals surface area contributed by atoms with Crippen LogP contribution in [-0.2, 0) is 4.79 Å². The number of nitrogens with zero attached hydrogens (tertiary/aromatic N) is 1. The van der Waals surface area contributed by atoms with Crippen LogP contribution in [0, 0.1) is 16.2 Å². The molecule has 2 atom stereocenters. The molecule has 1 saturated carbocycles. The van der Waals surface area contributed by atoms with E-state index in [-0.39, 0.29) is 21.8 Å². The van der Waals surface area contributed by atoms with Gasteiger partial charge in [0.05, 0.1) is 5.41 Å². The Balaban J connectivity index is 0. The molecule has 2 N–H and O–H groups in total. The lowest BCUT2D eigenvalue weighted by Crippen LogP contribution is -2.48. The second kappa shape index (κ2) is 6.46. The van der Waals surface area contributed by atoms with E-state index in [1.165, 1.54) is 7.05 Å². The molecule has 1 amide bonds. The van der Waals surface area contributed by atoms with Crippen molar-refractivity contribution in [2.45, 2.75) is 74.8 Å². The molecule has 3 heteroatoms. The molecule has 2 rings (SSSR count). The van der Waals surface area contributed by atoms with Gasteiger partial charge in [-0.2, -0.15) is 0 Å². The second-order valence-electron chi connectivity index (χ2n) is 6.30. The zero-order valence-electron chi connectivity index (χ0n) is 15.9. The summed E-state index contributed by atoms with van der Waals surface area (Å²) < 4.78 is 0. The Morgan fingerprint density at radius 2 is 1.15 bits per heavy atom. The summed E-state index contributed by atoms with van der Waals surface area (Å²) >= 11 is 0. The number of rotatable bonds is 0. The van der Waals surface area contributed by atoms with Gasteiger partial charge < -0.3 is 10.6 Å². The van der Waals surface area contributed by atoms with Gasteiger partial charge in [-0.3, -0.25) is 4.79 Å². The van der Waals surface area contributed by atoms with Crippen LogP contribution in [0.15, 0.2) is 0 Å². The summed E-state index contributed by atoms with van der Waals surface area (Å²) in [7, 11) is 3.43. The van der Waals surface area contributed by atoms with E-state index in [0.29, 0.717) is 5.91 Å². The van der Waals surface area contributed by atoms with E-state index < -0.39 is 0 Å². The van der Waals surface area contributed by atoms with Gasteiger partial charge in [-0.25, -0.2) is 0 Å². The van der Waals surface area contributed by atoms with Crippen LogP contribution in [0.4, 0.5) is 0 Å². The van der Waals surface area contributed by atoms with Crippen molar-refractivity contribution in [1.29, 1.82) is 0 Å². The van der Waals surface area contributed by atoms with Crippen molar-refractivity contribution in [3.8, 4) is 0 Å². The van der Waals surface area contributed by atoms with Crippen LogP contribution in [0.3, 0.4) is 0 Å². The number of hydrogen-bond donors (Lipinski definition) is 1. The van der Waals surface area contributed by atoms with Gasteiger partial charge in [0.1, 0.15) is 0 Å². The van der Waals surface area contributed by atoms with E-state index >= 15 is 0 Å². The van der Waals surface area contributed by atoms with Crippen molar-refractivity contribution in [1.82, 2.24) is 4.90 Å². The van der Waals surface area contributed by atoms with Crippen molar-refractivity contribution in [2.24, 2.45) is 22.0 Å². The number of nitrogens with two attached hydrogens (primary N) is 1. The zero-order chi connectivity index (χ0) is 17.2. The van der Waals surface area contributed by atoms with Crippen LogP contribution < -0.4 is 5.73 Å². The molecule has 3 nitrogen and oxygen atoms in total. The Labute approximate surface area is 127 Å². The highest BCUT2D eigenvalue weighted by atomic mass is 16.2. The maximum atomic E-state index is 12.2. The molecular weight excluding hydrogens is 248 g/mol. The van der Waals surface area contributed by atoms with Gasteiger partial charge in [0.2, 0.25) is 5.91 Å². The molecule has 122 valence electrons. The number of hydrogen-bond acceptors (Lipinski definition) is 2. The molecule has 0 spiro atoms. The fraction of sp³-hybridized carbons (Fsp3) is 0.941. The maximum absolute atomic E-state index is 12.2. The van der Waals surface area contributed by atoms with E-state index in [4.69, 9.17) is 0 Å². The summed E-state index contributed by atoms with van der Waals surface area (Å²) in [5.74, 6) is 0.315. The van der Waals surface area contributed by atoms with Crippen molar-refractivity contribution in [3.63, 3.8) is 0 Å². The third-order valence-electron chi connectivity index (χ3n) is 6.23. The summed E-state index contributed by atoms with van der Waals surface area (Å²) in [5, 5.41) is 0. The molecule has 0 aromatic rings. The first kappa shape index (κ1) is 21.7. The molecule has 1 saturated heterocycles. The Morgan fingerprint density at radius 1 is 0.850 bits per heavy atom.